The van der Waals surface area contributed by atoms with E-state index in [0.29, 0.717) is 17.8 Å². The SMILES string of the molecule is O=C(OCC12CC3CC(CC(C3)C1)C2)C(F)(SOO[O-])C(F)(F)F. The standard InChI is InChI=1S/C14H18F4O5S/c15-13(14(16,17)18,24-23-22-20)11(19)21-7-12-4-8-1-9(5-12)3-10(2-8)6-12/h8-10,20H,1-7H2/p-1. The zero-order valence-corrected chi connectivity index (χ0v) is 13.5. The van der Waals surface area contributed by atoms with Gasteiger partial charge < -0.3 is 9.99 Å². The number of carbonyl (C=O) groups is 1. The number of hydrogen-bond donors (Lipinski definition) is 0. The van der Waals surface area contributed by atoms with Crippen molar-refractivity contribution in [3.05, 3.63) is 0 Å². The van der Waals surface area contributed by atoms with Crippen LogP contribution in [0.5, 0.6) is 0 Å². The second-order valence-corrected chi connectivity index (χ2v) is 8.17. The zero-order valence-electron chi connectivity index (χ0n) is 12.6. The Balaban J connectivity index is 1.65. The third-order valence-corrected chi connectivity index (χ3v) is 6.23. The Morgan fingerprint density at radius 1 is 1.08 bits per heavy atom. The Morgan fingerprint density at radius 3 is 2.00 bits per heavy atom. The molecule has 138 valence electrons. The summed E-state index contributed by atoms with van der Waals surface area (Å²) in [7, 11) is 0. The van der Waals surface area contributed by atoms with Crippen molar-refractivity contribution >= 4 is 18.0 Å². The maximum atomic E-state index is 14.1. The van der Waals surface area contributed by atoms with Crippen molar-refractivity contribution in [2.24, 2.45) is 23.2 Å². The van der Waals surface area contributed by atoms with Gasteiger partial charge in [-0.05, 0) is 56.3 Å². The fourth-order valence-electron chi connectivity index (χ4n) is 5.04. The van der Waals surface area contributed by atoms with Crippen molar-refractivity contribution < 1.29 is 41.7 Å². The Kier molecular flexibility index (Phi) is 4.78. The van der Waals surface area contributed by atoms with Crippen LogP contribution in [0.15, 0.2) is 0 Å². The Labute approximate surface area is 140 Å². The van der Waals surface area contributed by atoms with E-state index >= 15 is 0 Å². The topological polar surface area (TPSA) is 67.8 Å². The summed E-state index contributed by atoms with van der Waals surface area (Å²) in [5.41, 5.74) is -0.350. The van der Waals surface area contributed by atoms with Gasteiger partial charge in [0.1, 0.15) is 0 Å². The van der Waals surface area contributed by atoms with Crippen molar-refractivity contribution in [2.45, 2.75) is 49.7 Å². The molecule has 0 N–H and O–H groups in total. The first-order valence-corrected chi connectivity index (χ1v) is 8.49. The summed E-state index contributed by atoms with van der Waals surface area (Å²) < 4.78 is 60.7. The van der Waals surface area contributed by atoms with E-state index in [9.17, 15) is 27.6 Å². The lowest BCUT2D eigenvalue weighted by Crippen LogP contribution is -2.51. The second kappa shape index (κ2) is 6.30. The van der Waals surface area contributed by atoms with Crippen LogP contribution in [-0.2, 0) is 18.9 Å². The van der Waals surface area contributed by atoms with Gasteiger partial charge in [0.25, 0.3) is 0 Å². The molecule has 4 fully saturated rings. The number of carbonyl (C=O) groups excluding carboxylic acids is 1. The second-order valence-electron chi connectivity index (χ2n) is 7.31. The van der Waals surface area contributed by atoms with Gasteiger partial charge in [0.2, 0.25) is 0 Å². The van der Waals surface area contributed by atoms with Crippen LogP contribution in [0, 0.1) is 23.2 Å². The van der Waals surface area contributed by atoms with E-state index in [1.165, 1.54) is 0 Å². The molecule has 4 bridgehead atoms. The molecule has 24 heavy (non-hydrogen) atoms. The number of esters is 1. The molecule has 0 aromatic rings. The van der Waals surface area contributed by atoms with Crippen LogP contribution in [0.4, 0.5) is 17.6 Å². The predicted octanol–water partition coefficient (Wildman–Crippen LogP) is 2.85. The molecule has 0 spiro atoms. The van der Waals surface area contributed by atoms with Crippen LogP contribution in [0.1, 0.15) is 38.5 Å². The molecule has 0 radical (unpaired) electrons. The first-order valence-electron chi connectivity index (χ1n) is 7.75. The molecule has 4 rings (SSSR count). The Bertz CT molecular complexity index is 465. The molecule has 0 amide bonds. The first-order chi connectivity index (χ1) is 11.2. The van der Waals surface area contributed by atoms with Crippen LogP contribution in [0.2, 0.25) is 0 Å². The highest BCUT2D eigenvalue weighted by atomic mass is 32.2. The molecule has 4 aliphatic rings. The summed E-state index contributed by atoms with van der Waals surface area (Å²) in [6, 6.07) is 0. The third-order valence-electron chi connectivity index (χ3n) is 5.48. The lowest BCUT2D eigenvalue weighted by molar-refractivity contribution is -0.777. The van der Waals surface area contributed by atoms with E-state index in [1.54, 1.807) is 0 Å². The maximum Gasteiger partial charge on any atom is 0.446 e. The van der Waals surface area contributed by atoms with E-state index < -0.39 is 29.2 Å². The van der Waals surface area contributed by atoms with Gasteiger partial charge in [-0.3, -0.25) is 5.04 Å². The molecule has 1 atom stereocenters. The third kappa shape index (κ3) is 3.25. The predicted molar refractivity (Wildman–Crippen MR) is 71.2 cm³/mol. The molecule has 4 aliphatic carbocycles. The highest BCUT2D eigenvalue weighted by Gasteiger charge is 2.66. The number of hydrogen-bond acceptors (Lipinski definition) is 6. The van der Waals surface area contributed by atoms with Crippen molar-refractivity contribution in [3.8, 4) is 0 Å². The normalized spacial score (nSPS) is 37.3. The fourth-order valence-corrected chi connectivity index (χ4v) is 5.38. The number of rotatable bonds is 6. The quantitative estimate of drug-likeness (QED) is 0.235. The largest absolute Gasteiger partial charge is 0.691 e. The first kappa shape index (κ1) is 18.2. The van der Waals surface area contributed by atoms with Gasteiger partial charge >= 0.3 is 17.1 Å². The van der Waals surface area contributed by atoms with Crippen LogP contribution in [0.25, 0.3) is 0 Å². The van der Waals surface area contributed by atoms with Crippen molar-refractivity contribution in [3.63, 3.8) is 0 Å². The molecular weight excluding hydrogens is 356 g/mol. The summed E-state index contributed by atoms with van der Waals surface area (Å²) in [6.45, 7) is -0.240. The number of halogens is 4. The molecule has 4 saturated carbocycles. The minimum Gasteiger partial charge on any atom is -0.691 e. The zero-order chi connectivity index (χ0) is 17.6. The van der Waals surface area contributed by atoms with Gasteiger partial charge in [0, 0.05) is 5.41 Å². The maximum absolute atomic E-state index is 14.1. The van der Waals surface area contributed by atoms with Gasteiger partial charge in [-0.2, -0.15) is 17.5 Å². The van der Waals surface area contributed by atoms with Gasteiger partial charge in [-0.25, -0.2) is 9.18 Å². The molecule has 0 aliphatic heterocycles. The Hall–Kier alpha value is -0.580. The van der Waals surface area contributed by atoms with Gasteiger partial charge in [-0.15, -0.1) is 0 Å². The number of ether oxygens (including phenoxy) is 1. The minimum absolute atomic E-state index is 0.240. The van der Waals surface area contributed by atoms with E-state index in [2.05, 4.69) is 9.37 Å². The van der Waals surface area contributed by atoms with E-state index in [0.717, 1.165) is 38.5 Å². The molecule has 10 heteroatoms. The smallest absolute Gasteiger partial charge is 0.446 e. The minimum atomic E-state index is -5.60. The van der Waals surface area contributed by atoms with Crippen molar-refractivity contribution in [1.82, 2.24) is 0 Å². The van der Waals surface area contributed by atoms with E-state index in [4.69, 9.17) is 4.74 Å². The van der Waals surface area contributed by atoms with Gasteiger partial charge in [-0.1, -0.05) is 0 Å². The monoisotopic (exact) mass is 373 g/mol. The molecule has 0 aromatic carbocycles. The Morgan fingerprint density at radius 2 is 1.58 bits per heavy atom. The highest BCUT2D eigenvalue weighted by Crippen LogP contribution is 2.60. The average Bonchev–Trinajstić information content (AvgIpc) is 2.47. The highest BCUT2D eigenvalue weighted by molar-refractivity contribution is 7.96. The summed E-state index contributed by atoms with van der Waals surface area (Å²) >= 11 is -1.05. The average molecular weight is 373 g/mol. The van der Waals surface area contributed by atoms with Crippen LogP contribution in [-0.4, -0.2) is 23.8 Å². The summed E-state index contributed by atoms with van der Waals surface area (Å²) in [6.07, 6.45) is 0.142. The lowest BCUT2D eigenvalue weighted by Gasteiger charge is -2.56. The molecule has 0 heterocycles. The van der Waals surface area contributed by atoms with Crippen LogP contribution < -0.4 is 5.26 Å². The van der Waals surface area contributed by atoms with Gasteiger partial charge in [0.15, 0.2) is 0 Å². The lowest BCUT2D eigenvalue weighted by atomic mass is 9.50. The van der Waals surface area contributed by atoms with Gasteiger partial charge in [0.05, 0.1) is 18.6 Å². The van der Waals surface area contributed by atoms with E-state index in [1.807, 2.05) is 0 Å². The molecule has 0 saturated heterocycles. The van der Waals surface area contributed by atoms with Crippen molar-refractivity contribution in [1.29, 1.82) is 0 Å². The summed E-state index contributed by atoms with van der Waals surface area (Å²) in [5, 5.41) is 7.91. The molecule has 5 nitrogen and oxygen atoms in total. The summed E-state index contributed by atoms with van der Waals surface area (Å²) in [5.74, 6) is -0.578. The summed E-state index contributed by atoms with van der Waals surface area (Å²) in [4.78, 5) is 11.7. The molecule has 0 aromatic heterocycles. The molecular formula is C14H17F4O5S-. The van der Waals surface area contributed by atoms with E-state index in [-0.39, 0.29) is 12.0 Å². The van der Waals surface area contributed by atoms with Crippen LogP contribution >= 0.6 is 12.0 Å². The fraction of sp³-hybridized carbons (Fsp3) is 0.929. The van der Waals surface area contributed by atoms with Crippen LogP contribution in [0.3, 0.4) is 0 Å². The number of alkyl halides is 4. The molecule has 1 unspecified atom stereocenters. The van der Waals surface area contributed by atoms with Crippen molar-refractivity contribution in [2.75, 3.05) is 6.61 Å².